The molecule has 5 aromatic rings. The van der Waals surface area contributed by atoms with Gasteiger partial charge in [0.1, 0.15) is 0 Å². The first-order chi connectivity index (χ1) is 13.8. The predicted octanol–water partition coefficient (Wildman–Crippen LogP) is 7.95. The zero-order valence-electron chi connectivity index (χ0n) is 15.4. The normalized spacial score (nSPS) is 11.7. The molecule has 1 aliphatic carbocycles. The molecule has 6 rings (SSSR count). The van der Waals surface area contributed by atoms with Gasteiger partial charge in [-0.15, -0.1) is 0 Å². The minimum absolute atomic E-state index is 1.15. The Labute approximate surface area is 164 Å². The Morgan fingerprint density at radius 3 is 1.86 bits per heavy atom. The standard InChI is InChI=1S/C28H18/c1-2-18-10-12-19(13-11-18)22-14-15-25-27-17-21-7-4-3-6-20(21)16-26(27)24-9-5-8-23(22)28(24)25/h2-17H,1H2. The Kier molecular flexibility index (Phi) is 3.13. The minimum Gasteiger partial charge on any atom is -0.0985 e. The van der Waals surface area contributed by atoms with Crippen LogP contribution in [-0.4, -0.2) is 0 Å². The van der Waals surface area contributed by atoms with Gasteiger partial charge in [0, 0.05) is 0 Å². The molecule has 0 amide bonds. The van der Waals surface area contributed by atoms with E-state index in [1.165, 1.54) is 54.9 Å². The Hall–Kier alpha value is -3.64. The molecule has 0 aromatic heterocycles. The van der Waals surface area contributed by atoms with Crippen LogP contribution in [0.2, 0.25) is 0 Å². The number of hydrogen-bond donors (Lipinski definition) is 0. The van der Waals surface area contributed by atoms with Gasteiger partial charge in [-0.1, -0.05) is 91.5 Å². The number of benzene rings is 5. The maximum absolute atomic E-state index is 3.86. The largest absolute Gasteiger partial charge is 0.0985 e. The molecule has 1 aliphatic rings. The highest BCUT2D eigenvalue weighted by Gasteiger charge is 2.23. The summed E-state index contributed by atoms with van der Waals surface area (Å²) < 4.78 is 0. The number of hydrogen-bond acceptors (Lipinski definition) is 0. The molecule has 5 aromatic carbocycles. The summed E-state index contributed by atoms with van der Waals surface area (Å²) >= 11 is 0. The van der Waals surface area contributed by atoms with Crippen molar-refractivity contribution in [3.63, 3.8) is 0 Å². The lowest BCUT2D eigenvalue weighted by Gasteiger charge is -2.10. The van der Waals surface area contributed by atoms with Crippen molar-refractivity contribution in [2.75, 3.05) is 0 Å². The highest BCUT2D eigenvalue weighted by molar-refractivity contribution is 6.20. The van der Waals surface area contributed by atoms with Crippen LogP contribution in [0.3, 0.4) is 0 Å². The molecule has 0 spiro atoms. The summed E-state index contributed by atoms with van der Waals surface area (Å²) in [5, 5.41) is 5.29. The van der Waals surface area contributed by atoms with Gasteiger partial charge in [-0.05, 0) is 72.6 Å². The van der Waals surface area contributed by atoms with Gasteiger partial charge in [-0.25, -0.2) is 0 Å². The van der Waals surface area contributed by atoms with Crippen molar-refractivity contribution in [3.05, 3.63) is 103 Å². The summed E-state index contributed by atoms with van der Waals surface area (Å²) in [6.07, 6.45) is 1.89. The fourth-order valence-corrected chi connectivity index (χ4v) is 4.59. The van der Waals surface area contributed by atoms with Gasteiger partial charge in [-0.2, -0.15) is 0 Å². The molecule has 130 valence electrons. The maximum atomic E-state index is 3.86. The van der Waals surface area contributed by atoms with Gasteiger partial charge in [0.2, 0.25) is 0 Å². The molecular weight excluding hydrogens is 336 g/mol. The Balaban J connectivity index is 1.66. The average molecular weight is 354 g/mol. The third kappa shape index (κ3) is 2.06. The van der Waals surface area contributed by atoms with Crippen LogP contribution in [0.15, 0.2) is 97.6 Å². The highest BCUT2D eigenvalue weighted by Crippen LogP contribution is 2.50. The molecule has 0 saturated heterocycles. The van der Waals surface area contributed by atoms with Crippen molar-refractivity contribution in [1.29, 1.82) is 0 Å². The Morgan fingerprint density at radius 1 is 0.536 bits per heavy atom. The van der Waals surface area contributed by atoms with Crippen molar-refractivity contribution in [2.24, 2.45) is 0 Å². The van der Waals surface area contributed by atoms with Crippen molar-refractivity contribution >= 4 is 27.6 Å². The molecule has 28 heavy (non-hydrogen) atoms. The maximum Gasteiger partial charge on any atom is -0.00201 e. The first-order valence-corrected chi connectivity index (χ1v) is 9.66. The zero-order chi connectivity index (χ0) is 18.7. The highest BCUT2D eigenvalue weighted by atomic mass is 14.3. The van der Waals surface area contributed by atoms with E-state index in [4.69, 9.17) is 0 Å². The van der Waals surface area contributed by atoms with Gasteiger partial charge in [0.25, 0.3) is 0 Å². The van der Waals surface area contributed by atoms with E-state index in [1.54, 1.807) is 0 Å². The van der Waals surface area contributed by atoms with E-state index in [0.717, 1.165) is 5.56 Å². The molecule has 0 heterocycles. The lowest BCUT2D eigenvalue weighted by Crippen LogP contribution is -1.83. The molecule has 0 aliphatic heterocycles. The van der Waals surface area contributed by atoms with Crippen molar-refractivity contribution in [3.8, 4) is 33.4 Å². The monoisotopic (exact) mass is 354 g/mol. The third-order valence-corrected chi connectivity index (χ3v) is 5.96. The van der Waals surface area contributed by atoms with Crippen molar-refractivity contribution in [2.45, 2.75) is 0 Å². The Bertz CT molecular complexity index is 1350. The number of fused-ring (bicyclic) bond motifs is 4. The van der Waals surface area contributed by atoms with Crippen molar-refractivity contribution < 1.29 is 0 Å². The molecule has 0 saturated carbocycles. The lowest BCUT2D eigenvalue weighted by atomic mass is 9.94. The van der Waals surface area contributed by atoms with Gasteiger partial charge < -0.3 is 0 Å². The fourth-order valence-electron chi connectivity index (χ4n) is 4.59. The smallest absolute Gasteiger partial charge is 0.00201 e. The first kappa shape index (κ1) is 15.4. The molecule has 0 nitrogen and oxygen atoms in total. The van der Waals surface area contributed by atoms with Crippen LogP contribution in [0, 0.1) is 0 Å². The summed E-state index contributed by atoms with van der Waals surface area (Å²) in [5.41, 5.74) is 9.06. The lowest BCUT2D eigenvalue weighted by molar-refractivity contribution is 1.63. The van der Waals surface area contributed by atoms with E-state index < -0.39 is 0 Å². The van der Waals surface area contributed by atoms with Crippen LogP contribution in [0.1, 0.15) is 5.56 Å². The average Bonchev–Trinajstić information content (AvgIpc) is 3.07. The van der Waals surface area contributed by atoms with Crippen LogP contribution < -0.4 is 0 Å². The summed E-state index contributed by atoms with van der Waals surface area (Å²) in [6, 6.07) is 33.2. The SMILES string of the molecule is C=Cc1ccc(-c2ccc3c4c(cccc24)-c2cc4ccccc4cc2-3)cc1. The molecule has 0 atom stereocenters. The summed E-state index contributed by atoms with van der Waals surface area (Å²) in [7, 11) is 0. The molecule has 0 N–H and O–H groups in total. The minimum atomic E-state index is 1.15. The molecule has 0 heteroatoms. The number of rotatable bonds is 2. The summed E-state index contributed by atoms with van der Waals surface area (Å²) in [5.74, 6) is 0. The van der Waals surface area contributed by atoms with Crippen molar-refractivity contribution in [1.82, 2.24) is 0 Å². The second-order valence-corrected chi connectivity index (χ2v) is 7.46. The van der Waals surface area contributed by atoms with Gasteiger partial charge in [0.15, 0.2) is 0 Å². The van der Waals surface area contributed by atoms with E-state index in [2.05, 4.69) is 97.6 Å². The van der Waals surface area contributed by atoms with E-state index in [9.17, 15) is 0 Å². The predicted molar refractivity (Wildman–Crippen MR) is 121 cm³/mol. The van der Waals surface area contributed by atoms with E-state index in [0.29, 0.717) is 0 Å². The van der Waals surface area contributed by atoms with Crippen LogP contribution >= 0.6 is 0 Å². The quantitative estimate of drug-likeness (QED) is 0.296. The fraction of sp³-hybridized carbons (Fsp3) is 0. The third-order valence-electron chi connectivity index (χ3n) is 5.96. The van der Waals surface area contributed by atoms with Gasteiger partial charge in [-0.3, -0.25) is 0 Å². The topological polar surface area (TPSA) is 0 Å². The molecule has 0 unspecified atom stereocenters. The van der Waals surface area contributed by atoms with E-state index >= 15 is 0 Å². The van der Waals surface area contributed by atoms with Crippen LogP contribution in [0.5, 0.6) is 0 Å². The summed E-state index contributed by atoms with van der Waals surface area (Å²) in [6.45, 7) is 3.86. The summed E-state index contributed by atoms with van der Waals surface area (Å²) in [4.78, 5) is 0. The molecule has 0 fully saturated rings. The molecule has 0 radical (unpaired) electrons. The van der Waals surface area contributed by atoms with Gasteiger partial charge >= 0.3 is 0 Å². The Morgan fingerprint density at radius 2 is 1.18 bits per heavy atom. The first-order valence-electron chi connectivity index (χ1n) is 9.66. The van der Waals surface area contributed by atoms with E-state index in [-0.39, 0.29) is 0 Å². The molecule has 0 bridgehead atoms. The second-order valence-electron chi connectivity index (χ2n) is 7.46. The zero-order valence-corrected chi connectivity index (χ0v) is 15.4. The molecular formula is C28H18. The van der Waals surface area contributed by atoms with Crippen LogP contribution in [0.4, 0.5) is 0 Å². The van der Waals surface area contributed by atoms with Crippen LogP contribution in [-0.2, 0) is 0 Å². The van der Waals surface area contributed by atoms with Crippen LogP contribution in [0.25, 0.3) is 61.0 Å². The second kappa shape index (κ2) is 5.68. The van der Waals surface area contributed by atoms with E-state index in [1.807, 2.05) is 6.08 Å². The van der Waals surface area contributed by atoms with Gasteiger partial charge in [0.05, 0.1) is 0 Å².